The van der Waals surface area contributed by atoms with Crippen molar-refractivity contribution in [3.63, 3.8) is 0 Å². The molecule has 0 atom stereocenters. The first-order chi connectivity index (χ1) is 7.02. The van der Waals surface area contributed by atoms with E-state index < -0.39 is 39.4 Å². The van der Waals surface area contributed by atoms with Crippen LogP contribution in [0.25, 0.3) is 0 Å². The number of rotatable bonds is 1. The van der Waals surface area contributed by atoms with Gasteiger partial charge in [0.1, 0.15) is 11.4 Å². The summed E-state index contributed by atoms with van der Waals surface area (Å²) in [7, 11) is 0. The summed E-state index contributed by atoms with van der Waals surface area (Å²) in [6.45, 7) is 0. The zero-order valence-electron chi connectivity index (χ0n) is 7.11. The Morgan fingerprint density at radius 2 is 2.00 bits per heavy atom. The number of ketones is 1. The van der Waals surface area contributed by atoms with Gasteiger partial charge in [0.2, 0.25) is 0 Å². The Kier molecular flexibility index (Phi) is 1.75. The standard InChI is InChI=1S/C8H3FN2O4/c9-3-1-2-4(11(14)15)5-6(3)10-8(13)7(5)12/h1-2H,(H,10,12,13). The van der Waals surface area contributed by atoms with Gasteiger partial charge in [-0.05, 0) is 6.07 Å². The summed E-state index contributed by atoms with van der Waals surface area (Å²) in [5.74, 6) is -3.01. The predicted molar refractivity (Wildman–Crippen MR) is 46.0 cm³/mol. The number of hydrogen-bond acceptors (Lipinski definition) is 4. The van der Waals surface area contributed by atoms with Gasteiger partial charge in [0, 0.05) is 6.07 Å². The molecule has 1 aliphatic heterocycles. The van der Waals surface area contributed by atoms with E-state index in [0.717, 1.165) is 12.1 Å². The van der Waals surface area contributed by atoms with Crippen molar-refractivity contribution in [2.24, 2.45) is 0 Å². The van der Waals surface area contributed by atoms with Crippen molar-refractivity contribution in [3.8, 4) is 0 Å². The summed E-state index contributed by atoms with van der Waals surface area (Å²) in [4.78, 5) is 31.8. The number of nitro groups is 1. The summed E-state index contributed by atoms with van der Waals surface area (Å²) in [6, 6.07) is 1.68. The van der Waals surface area contributed by atoms with Crippen LogP contribution in [0.1, 0.15) is 10.4 Å². The lowest BCUT2D eigenvalue weighted by Gasteiger charge is -1.99. The molecular weight excluding hydrogens is 207 g/mol. The minimum atomic E-state index is -1.09. The lowest BCUT2D eigenvalue weighted by Crippen LogP contribution is -2.13. The third-order valence-electron chi connectivity index (χ3n) is 2.00. The number of fused-ring (bicyclic) bond motifs is 1. The fourth-order valence-electron chi connectivity index (χ4n) is 1.35. The van der Waals surface area contributed by atoms with E-state index >= 15 is 0 Å². The normalized spacial score (nSPS) is 13.7. The van der Waals surface area contributed by atoms with Crippen molar-refractivity contribution in [2.45, 2.75) is 0 Å². The third kappa shape index (κ3) is 1.17. The summed E-state index contributed by atoms with van der Waals surface area (Å²) < 4.78 is 13.1. The summed E-state index contributed by atoms with van der Waals surface area (Å²) in [5.41, 5.74) is -1.50. The topological polar surface area (TPSA) is 89.3 Å². The van der Waals surface area contributed by atoms with E-state index in [-0.39, 0.29) is 0 Å². The molecular formula is C8H3FN2O4. The van der Waals surface area contributed by atoms with Gasteiger partial charge in [-0.15, -0.1) is 0 Å². The van der Waals surface area contributed by atoms with E-state index in [4.69, 9.17) is 0 Å². The first-order valence-electron chi connectivity index (χ1n) is 3.85. The maximum Gasteiger partial charge on any atom is 0.297 e. The first-order valence-corrected chi connectivity index (χ1v) is 3.85. The van der Waals surface area contributed by atoms with E-state index in [1.807, 2.05) is 5.32 Å². The number of nitrogens with zero attached hydrogens (tertiary/aromatic N) is 1. The second-order valence-electron chi connectivity index (χ2n) is 2.86. The molecule has 0 bridgehead atoms. The zero-order chi connectivity index (χ0) is 11.2. The highest BCUT2D eigenvalue weighted by Crippen LogP contribution is 2.33. The Bertz CT molecular complexity index is 512. The molecule has 0 radical (unpaired) electrons. The van der Waals surface area contributed by atoms with Crippen LogP contribution in [0.3, 0.4) is 0 Å². The number of anilines is 1. The summed E-state index contributed by atoms with van der Waals surface area (Å²) >= 11 is 0. The van der Waals surface area contributed by atoms with E-state index in [1.165, 1.54) is 0 Å². The molecule has 1 heterocycles. The van der Waals surface area contributed by atoms with Gasteiger partial charge in [0.15, 0.2) is 0 Å². The van der Waals surface area contributed by atoms with Crippen LogP contribution in [0.15, 0.2) is 12.1 Å². The molecule has 1 aromatic rings. The maximum atomic E-state index is 13.1. The second-order valence-corrected chi connectivity index (χ2v) is 2.86. The van der Waals surface area contributed by atoms with Crippen LogP contribution in [0, 0.1) is 15.9 Å². The van der Waals surface area contributed by atoms with Gasteiger partial charge in [0.25, 0.3) is 17.4 Å². The van der Waals surface area contributed by atoms with Gasteiger partial charge in [-0.2, -0.15) is 0 Å². The van der Waals surface area contributed by atoms with Crippen LogP contribution in [-0.2, 0) is 4.79 Å². The Morgan fingerprint density at radius 1 is 1.33 bits per heavy atom. The largest absolute Gasteiger partial charge is 0.316 e. The molecule has 1 aliphatic rings. The smallest absolute Gasteiger partial charge is 0.297 e. The van der Waals surface area contributed by atoms with E-state index in [9.17, 15) is 24.1 Å². The van der Waals surface area contributed by atoms with E-state index in [1.54, 1.807) is 0 Å². The molecule has 1 N–H and O–H groups in total. The highest BCUT2D eigenvalue weighted by molar-refractivity contribution is 6.52. The number of hydrogen-bond donors (Lipinski definition) is 1. The third-order valence-corrected chi connectivity index (χ3v) is 2.00. The Morgan fingerprint density at radius 3 is 2.60 bits per heavy atom. The van der Waals surface area contributed by atoms with Gasteiger partial charge in [-0.1, -0.05) is 0 Å². The number of carbonyl (C=O) groups excluding carboxylic acids is 2. The maximum absolute atomic E-state index is 13.1. The highest BCUT2D eigenvalue weighted by Gasteiger charge is 2.37. The van der Waals surface area contributed by atoms with Gasteiger partial charge < -0.3 is 5.32 Å². The van der Waals surface area contributed by atoms with E-state index in [0.29, 0.717) is 0 Å². The number of nitrogens with one attached hydrogen (secondary N) is 1. The van der Waals surface area contributed by atoms with Crippen molar-refractivity contribution >= 4 is 23.1 Å². The molecule has 15 heavy (non-hydrogen) atoms. The molecule has 0 aliphatic carbocycles. The first kappa shape index (κ1) is 9.25. The van der Waals surface area contributed by atoms with Crippen LogP contribution in [0.2, 0.25) is 0 Å². The number of amides is 1. The summed E-state index contributed by atoms with van der Waals surface area (Å²) in [5, 5.41) is 12.5. The zero-order valence-corrected chi connectivity index (χ0v) is 7.11. The van der Waals surface area contributed by atoms with Crippen LogP contribution >= 0.6 is 0 Å². The molecule has 1 aromatic carbocycles. The van der Waals surface area contributed by atoms with Gasteiger partial charge in [-0.3, -0.25) is 19.7 Å². The fraction of sp³-hybridized carbons (Fsp3) is 0. The molecule has 2 rings (SSSR count). The lowest BCUT2D eigenvalue weighted by molar-refractivity contribution is -0.385. The van der Waals surface area contributed by atoms with Gasteiger partial charge in [0.05, 0.1) is 10.6 Å². The monoisotopic (exact) mass is 210 g/mol. The van der Waals surface area contributed by atoms with Crippen molar-refractivity contribution in [3.05, 3.63) is 33.6 Å². The number of benzene rings is 1. The molecule has 6 nitrogen and oxygen atoms in total. The van der Waals surface area contributed by atoms with Crippen molar-refractivity contribution in [1.82, 2.24) is 0 Å². The van der Waals surface area contributed by atoms with Gasteiger partial charge in [-0.25, -0.2) is 4.39 Å². The molecule has 0 spiro atoms. The fourth-order valence-corrected chi connectivity index (χ4v) is 1.35. The average molecular weight is 210 g/mol. The number of carbonyl (C=O) groups is 2. The average Bonchev–Trinajstić information content (AvgIpc) is 2.46. The summed E-state index contributed by atoms with van der Waals surface area (Å²) in [6.07, 6.45) is 0. The number of Topliss-reactive ketones (excluding diaryl/α,β-unsaturated/α-hetero) is 1. The molecule has 0 saturated heterocycles. The SMILES string of the molecule is O=C1Nc2c(F)ccc([N+](=O)[O-])c2C1=O. The van der Waals surface area contributed by atoms with Gasteiger partial charge >= 0.3 is 0 Å². The molecule has 1 amide bonds. The second kappa shape index (κ2) is 2.84. The van der Waals surface area contributed by atoms with Crippen molar-refractivity contribution in [2.75, 3.05) is 5.32 Å². The molecule has 7 heteroatoms. The number of halogens is 1. The van der Waals surface area contributed by atoms with Crippen LogP contribution in [-0.4, -0.2) is 16.6 Å². The molecule has 0 unspecified atom stereocenters. The quantitative estimate of drug-likeness (QED) is 0.423. The van der Waals surface area contributed by atoms with Crippen LogP contribution in [0.4, 0.5) is 15.8 Å². The molecule has 76 valence electrons. The Balaban J connectivity index is 2.76. The molecule has 0 aromatic heterocycles. The van der Waals surface area contributed by atoms with Crippen molar-refractivity contribution in [1.29, 1.82) is 0 Å². The minimum Gasteiger partial charge on any atom is -0.316 e. The predicted octanol–water partition coefficient (Wildman–Crippen LogP) is 0.869. The van der Waals surface area contributed by atoms with E-state index in [2.05, 4.69) is 0 Å². The number of nitro benzene ring substituents is 1. The Labute approximate surface area is 81.8 Å². The molecule has 0 saturated carbocycles. The van der Waals surface area contributed by atoms with Crippen LogP contribution < -0.4 is 5.32 Å². The van der Waals surface area contributed by atoms with Crippen molar-refractivity contribution < 1.29 is 18.9 Å². The highest BCUT2D eigenvalue weighted by atomic mass is 19.1. The lowest BCUT2D eigenvalue weighted by atomic mass is 10.1. The minimum absolute atomic E-state index is 0.417. The van der Waals surface area contributed by atoms with Crippen LogP contribution in [0.5, 0.6) is 0 Å². The molecule has 0 fully saturated rings. The Hall–Kier alpha value is -2.31.